The van der Waals surface area contributed by atoms with E-state index in [1.165, 1.54) is 25.1 Å². The normalized spacial score (nSPS) is 11.7. The minimum atomic E-state index is -3.58. The van der Waals surface area contributed by atoms with Crippen LogP contribution in [-0.4, -0.2) is 32.7 Å². The largest absolute Gasteiger partial charge is 0.452 e. The summed E-state index contributed by atoms with van der Waals surface area (Å²) in [7, 11) is -3.58. The molecule has 0 spiro atoms. The fourth-order valence-electron chi connectivity index (χ4n) is 2.52. The van der Waals surface area contributed by atoms with E-state index in [1.807, 2.05) is 12.1 Å². The maximum absolute atomic E-state index is 12.3. The number of rotatable bonds is 6. The molecule has 28 heavy (non-hydrogen) atoms. The Balaban J connectivity index is 2.01. The van der Waals surface area contributed by atoms with Crippen LogP contribution in [0.3, 0.4) is 0 Å². The Morgan fingerprint density at radius 1 is 1.00 bits per heavy atom. The van der Waals surface area contributed by atoms with Crippen molar-refractivity contribution in [1.29, 1.82) is 0 Å². The van der Waals surface area contributed by atoms with Crippen LogP contribution in [0.25, 0.3) is 0 Å². The molecule has 0 fully saturated rings. The van der Waals surface area contributed by atoms with Crippen molar-refractivity contribution in [1.82, 2.24) is 0 Å². The Kier molecular flexibility index (Phi) is 6.61. The maximum atomic E-state index is 12.3. The van der Waals surface area contributed by atoms with E-state index in [-0.39, 0.29) is 21.6 Å². The fraction of sp³-hybridized carbons (Fsp3) is 0.333. The second-order valence-corrected chi connectivity index (χ2v) is 9.60. The topological polar surface area (TPSA) is 89.5 Å². The first-order valence-electron chi connectivity index (χ1n) is 8.94. The minimum Gasteiger partial charge on any atom is -0.452 e. The number of hydrogen-bond acceptors (Lipinski definition) is 5. The second-order valence-electron chi connectivity index (χ2n) is 7.35. The van der Waals surface area contributed by atoms with Gasteiger partial charge in [-0.15, -0.1) is 0 Å². The lowest BCUT2D eigenvalue weighted by Gasteiger charge is -2.19. The summed E-state index contributed by atoms with van der Waals surface area (Å²) in [5.41, 5.74) is 1.64. The fourth-order valence-corrected chi connectivity index (χ4v) is 3.60. The Labute approximate surface area is 165 Å². The molecule has 0 saturated carbocycles. The summed E-state index contributed by atoms with van der Waals surface area (Å²) in [6, 6.07) is 13.2. The van der Waals surface area contributed by atoms with Crippen molar-refractivity contribution in [2.24, 2.45) is 0 Å². The number of anilines is 1. The highest BCUT2D eigenvalue weighted by atomic mass is 32.2. The van der Waals surface area contributed by atoms with Gasteiger partial charge < -0.3 is 10.1 Å². The molecule has 0 aliphatic heterocycles. The molecule has 0 atom stereocenters. The van der Waals surface area contributed by atoms with Gasteiger partial charge >= 0.3 is 5.97 Å². The van der Waals surface area contributed by atoms with Crippen molar-refractivity contribution in [3.63, 3.8) is 0 Å². The Bertz CT molecular complexity index is 957. The molecule has 0 aliphatic carbocycles. The van der Waals surface area contributed by atoms with E-state index in [2.05, 4.69) is 26.1 Å². The Morgan fingerprint density at radius 3 is 2.18 bits per heavy atom. The zero-order chi connectivity index (χ0) is 20.9. The highest BCUT2D eigenvalue weighted by molar-refractivity contribution is 7.91. The first-order chi connectivity index (χ1) is 13.0. The quantitative estimate of drug-likeness (QED) is 0.745. The van der Waals surface area contributed by atoms with Gasteiger partial charge in [0.25, 0.3) is 5.91 Å². The number of nitrogens with one attached hydrogen (secondary N) is 1. The van der Waals surface area contributed by atoms with Gasteiger partial charge in [0.1, 0.15) is 0 Å². The lowest BCUT2D eigenvalue weighted by Crippen LogP contribution is -2.22. The van der Waals surface area contributed by atoms with Crippen LogP contribution in [0.1, 0.15) is 43.6 Å². The van der Waals surface area contributed by atoms with Crippen LogP contribution in [0, 0.1) is 0 Å². The number of esters is 1. The van der Waals surface area contributed by atoms with Crippen LogP contribution >= 0.6 is 0 Å². The lowest BCUT2D eigenvalue weighted by atomic mass is 9.87. The molecule has 2 rings (SSSR count). The molecule has 0 unspecified atom stereocenters. The van der Waals surface area contributed by atoms with Gasteiger partial charge in [0.15, 0.2) is 16.4 Å². The predicted octanol–water partition coefficient (Wildman–Crippen LogP) is 3.57. The van der Waals surface area contributed by atoms with E-state index in [9.17, 15) is 18.0 Å². The van der Waals surface area contributed by atoms with Gasteiger partial charge in [-0.2, -0.15) is 0 Å². The van der Waals surface area contributed by atoms with E-state index in [4.69, 9.17) is 4.74 Å². The van der Waals surface area contributed by atoms with Crippen molar-refractivity contribution in [3.8, 4) is 0 Å². The molecule has 2 aromatic rings. The van der Waals surface area contributed by atoms with E-state index in [1.54, 1.807) is 18.2 Å². The van der Waals surface area contributed by atoms with Gasteiger partial charge in [-0.25, -0.2) is 13.2 Å². The zero-order valence-corrected chi connectivity index (χ0v) is 17.3. The van der Waals surface area contributed by atoms with Crippen LogP contribution in [0.5, 0.6) is 0 Å². The Hall–Kier alpha value is -2.67. The SMILES string of the molecule is CCS(=O)(=O)c1ccccc1C(=O)OCC(=O)Nc1ccc(C(C)(C)C)cc1. The van der Waals surface area contributed by atoms with Gasteiger partial charge in [-0.3, -0.25) is 4.79 Å². The summed E-state index contributed by atoms with van der Waals surface area (Å²) in [5.74, 6) is -1.50. The number of benzene rings is 2. The monoisotopic (exact) mass is 403 g/mol. The molecular weight excluding hydrogens is 378 g/mol. The second kappa shape index (κ2) is 8.56. The van der Waals surface area contributed by atoms with Gasteiger partial charge in [0.05, 0.1) is 16.2 Å². The van der Waals surface area contributed by atoms with Gasteiger partial charge in [-0.1, -0.05) is 52.0 Å². The molecule has 2 aromatic carbocycles. The van der Waals surface area contributed by atoms with Crippen molar-refractivity contribution in [3.05, 3.63) is 59.7 Å². The summed E-state index contributed by atoms with van der Waals surface area (Å²) in [6.45, 7) is 7.26. The molecule has 0 aliphatic rings. The number of carbonyl (C=O) groups excluding carboxylic acids is 2. The standard InChI is InChI=1S/C21H25NO5S/c1-5-28(25,26)18-9-7-6-8-17(18)20(24)27-14-19(23)22-16-12-10-15(11-13-16)21(2,3)4/h6-13H,5,14H2,1-4H3,(H,22,23). The highest BCUT2D eigenvalue weighted by Gasteiger charge is 2.22. The molecular formula is C21H25NO5S. The van der Waals surface area contributed by atoms with E-state index < -0.39 is 28.3 Å². The first-order valence-corrected chi connectivity index (χ1v) is 10.6. The predicted molar refractivity (Wildman–Crippen MR) is 108 cm³/mol. The van der Waals surface area contributed by atoms with Crippen LogP contribution in [0.2, 0.25) is 0 Å². The summed E-state index contributed by atoms with van der Waals surface area (Å²) in [6.07, 6.45) is 0. The molecule has 0 bridgehead atoms. The van der Waals surface area contributed by atoms with Crippen LogP contribution in [-0.2, 0) is 24.8 Å². The molecule has 0 radical (unpaired) electrons. The maximum Gasteiger partial charge on any atom is 0.339 e. The highest BCUT2D eigenvalue weighted by Crippen LogP contribution is 2.23. The van der Waals surface area contributed by atoms with Crippen LogP contribution in [0.15, 0.2) is 53.4 Å². The molecule has 6 nitrogen and oxygen atoms in total. The molecule has 1 N–H and O–H groups in total. The summed E-state index contributed by atoms with van der Waals surface area (Å²) >= 11 is 0. The smallest absolute Gasteiger partial charge is 0.339 e. The zero-order valence-electron chi connectivity index (χ0n) is 16.5. The average Bonchev–Trinajstić information content (AvgIpc) is 2.66. The lowest BCUT2D eigenvalue weighted by molar-refractivity contribution is -0.119. The Morgan fingerprint density at radius 2 is 1.61 bits per heavy atom. The first kappa shape index (κ1) is 21.6. The minimum absolute atomic E-state index is 0.00425. The van der Waals surface area contributed by atoms with Gasteiger partial charge in [0, 0.05) is 5.69 Å². The van der Waals surface area contributed by atoms with Crippen molar-refractivity contribution >= 4 is 27.4 Å². The third kappa shape index (κ3) is 5.42. The molecule has 7 heteroatoms. The molecule has 0 aromatic heterocycles. The average molecular weight is 404 g/mol. The van der Waals surface area contributed by atoms with Crippen molar-refractivity contribution in [2.45, 2.75) is 38.0 Å². The number of amides is 1. The molecule has 150 valence electrons. The van der Waals surface area contributed by atoms with E-state index >= 15 is 0 Å². The summed E-state index contributed by atoms with van der Waals surface area (Å²) in [4.78, 5) is 24.2. The third-order valence-electron chi connectivity index (χ3n) is 4.19. The molecule has 1 amide bonds. The molecule has 0 heterocycles. The van der Waals surface area contributed by atoms with E-state index in [0.29, 0.717) is 5.69 Å². The molecule has 0 saturated heterocycles. The summed E-state index contributed by atoms with van der Waals surface area (Å²) < 4.78 is 29.2. The number of ether oxygens (including phenoxy) is 1. The van der Waals surface area contributed by atoms with Crippen molar-refractivity contribution < 1.29 is 22.7 Å². The number of hydrogen-bond donors (Lipinski definition) is 1. The van der Waals surface area contributed by atoms with Crippen LogP contribution in [0.4, 0.5) is 5.69 Å². The third-order valence-corrected chi connectivity index (χ3v) is 5.98. The number of sulfone groups is 1. The van der Waals surface area contributed by atoms with Crippen molar-refractivity contribution in [2.75, 3.05) is 17.7 Å². The van der Waals surface area contributed by atoms with E-state index in [0.717, 1.165) is 5.56 Å². The summed E-state index contributed by atoms with van der Waals surface area (Å²) in [5, 5.41) is 2.65. The van der Waals surface area contributed by atoms with Gasteiger partial charge in [-0.05, 0) is 35.2 Å². The van der Waals surface area contributed by atoms with Gasteiger partial charge in [0.2, 0.25) is 0 Å². The van der Waals surface area contributed by atoms with Crippen LogP contribution < -0.4 is 5.32 Å². The number of carbonyl (C=O) groups is 2.